The molecular weight excluding hydrogens is 198 g/mol. The highest BCUT2D eigenvalue weighted by molar-refractivity contribution is 5.70. The Morgan fingerprint density at radius 1 is 1.53 bits per heavy atom. The quantitative estimate of drug-likeness (QED) is 0.570. The standard InChI is InChI=1S/C10H19NO4/c1-8(10(13)14)9-6-11(7-9)2-4-15-5-3-12/h8-9,12H,2-7H2,1H3,(H,13,14). The third-order valence-electron chi connectivity index (χ3n) is 2.87. The van der Waals surface area contributed by atoms with E-state index in [2.05, 4.69) is 4.90 Å². The van der Waals surface area contributed by atoms with Gasteiger partial charge in [0.15, 0.2) is 0 Å². The predicted molar refractivity (Wildman–Crippen MR) is 54.6 cm³/mol. The third kappa shape index (κ3) is 3.77. The lowest BCUT2D eigenvalue weighted by atomic mass is 9.87. The van der Waals surface area contributed by atoms with Gasteiger partial charge in [0.1, 0.15) is 0 Å². The molecule has 1 unspecified atom stereocenters. The number of nitrogens with zero attached hydrogens (tertiary/aromatic N) is 1. The van der Waals surface area contributed by atoms with Gasteiger partial charge in [-0.3, -0.25) is 4.79 Å². The minimum Gasteiger partial charge on any atom is -0.481 e. The van der Waals surface area contributed by atoms with Gasteiger partial charge in [-0.05, 0) is 5.92 Å². The lowest BCUT2D eigenvalue weighted by molar-refractivity contribution is -0.145. The van der Waals surface area contributed by atoms with Crippen LogP contribution in [-0.2, 0) is 9.53 Å². The molecule has 0 spiro atoms. The van der Waals surface area contributed by atoms with Crippen LogP contribution >= 0.6 is 0 Å². The first-order chi connectivity index (χ1) is 7.15. The number of hydrogen-bond acceptors (Lipinski definition) is 4. The number of rotatable bonds is 7. The summed E-state index contributed by atoms with van der Waals surface area (Å²) in [5.41, 5.74) is 0. The molecule has 15 heavy (non-hydrogen) atoms. The molecule has 1 rings (SSSR count). The largest absolute Gasteiger partial charge is 0.481 e. The average molecular weight is 217 g/mol. The van der Waals surface area contributed by atoms with Crippen molar-refractivity contribution in [1.82, 2.24) is 4.90 Å². The van der Waals surface area contributed by atoms with Crippen LogP contribution in [0, 0.1) is 11.8 Å². The molecule has 0 aromatic rings. The highest BCUT2D eigenvalue weighted by atomic mass is 16.5. The Balaban J connectivity index is 2.02. The van der Waals surface area contributed by atoms with E-state index in [9.17, 15) is 4.79 Å². The number of aliphatic carboxylic acids is 1. The number of ether oxygens (including phenoxy) is 1. The molecule has 5 heteroatoms. The summed E-state index contributed by atoms with van der Waals surface area (Å²) in [6.45, 7) is 5.30. The number of carboxylic acids is 1. The molecule has 0 aromatic carbocycles. The van der Waals surface area contributed by atoms with Crippen molar-refractivity contribution in [3.8, 4) is 0 Å². The number of aliphatic hydroxyl groups is 1. The maximum Gasteiger partial charge on any atom is 0.306 e. The lowest BCUT2D eigenvalue weighted by Gasteiger charge is -2.41. The van der Waals surface area contributed by atoms with Gasteiger partial charge in [-0.25, -0.2) is 0 Å². The molecule has 1 aliphatic heterocycles. The molecule has 0 amide bonds. The van der Waals surface area contributed by atoms with Crippen molar-refractivity contribution in [3.05, 3.63) is 0 Å². The fourth-order valence-corrected chi connectivity index (χ4v) is 1.67. The molecule has 5 nitrogen and oxygen atoms in total. The van der Waals surface area contributed by atoms with E-state index < -0.39 is 5.97 Å². The summed E-state index contributed by atoms with van der Waals surface area (Å²) in [5, 5.41) is 17.3. The molecule has 0 saturated carbocycles. The van der Waals surface area contributed by atoms with E-state index in [1.54, 1.807) is 6.92 Å². The SMILES string of the molecule is CC(C(=O)O)C1CN(CCOCCO)C1. The molecule has 1 atom stereocenters. The van der Waals surface area contributed by atoms with E-state index in [-0.39, 0.29) is 18.4 Å². The van der Waals surface area contributed by atoms with Crippen molar-refractivity contribution in [3.63, 3.8) is 0 Å². The Morgan fingerprint density at radius 2 is 2.20 bits per heavy atom. The van der Waals surface area contributed by atoms with Gasteiger partial charge in [0.2, 0.25) is 0 Å². The maximum atomic E-state index is 10.7. The molecule has 0 radical (unpaired) electrons. The molecule has 1 fully saturated rings. The summed E-state index contributed by atoms with van der Waals surface area (Å²) >= 11 is 0. The van der Waals surface area contributed by atoms with Crippen molar-refractivity contribution in [2.24, 2.45) is 11.8 Å². The van der Waals surface area contributed by atoms with Gasteiger partial charge < -0.3 is 19.8 Å². The van der Waals surface area contributed by atoms with E-state index in [0.29, 0.717) is 13.2 Å². The van der Waals surface area contributed by atoms with Crippen LogP contribution in [0.5, 0.6) is 0 Å². The number of carboxylic acid groups (broad SMARTS) is 1. The summed E-state index contributed by atoms with van der Waals surface area (Å²) in [4.78, 5) is 12.8. The second kappa shape index (κ2) is 6.05. The highest BCUT2D eigenvalue weighted by Crippen LogP contribution is 2.23. The number of carbonyl (C=O) groups is 1. The minimum absolute atomic E-state index is 0.0542. The molecule has 0 bridgehead atoms. The van der Waals surface area contributed by atoms with Crippen LogP contribution in [0.4, 0.5) is 0 Å². The molecule has 1 saturated heterocycles. The minimum atomic E-state index is -0.712. The van der Waals surface area contributed by atoms with E-state index in [1.807, 2.05) is 0 Å². The van der Waals surface area contributed by atoms with Crippen molar-refractivity contribution in [1.29, 1.82) is 0 Å². The first-order valence-corrected chi connectivity index (χ1v) is 5.29. The third-order valence-corrected chi connectivity index (χ3v) is 2.87. The van der Waals surface area contributed by atoms with Gasteiger partial charge in [0, 0.05) is 19.6 Å². The Bertz CT molecular complexity index is 204. The van der Waals surface area contributed by atoms with Crippen molar-refractivity contribution in [2.45, 2.75) is 6.92 Å². The van der Waals surface area contributed by atoms with Gasteiger partial charge in [0.25, 0.3) is 0 Å². The zero-order chi connectivity index (χ0) is 11.3. The Hall–Kier alpha value is -0.650. The van der Waals surface area contributed by atoms with Crippen LogP contribution in [-0.4, -0.2) is 60.5 Å². The first kappa shape index (κ1) is 12.4. The van der Waals surface area contributed by atoms with Crippen LogP contribution in [0.15, 0.2) is 0 Å². The summed E-state index contributed by atoms with van der Waals surface area (Å²) in [6, 6.07) is 0. The Kier molecular flexibility index (Phi) is 5.01. The van der Waals surface area contributed by atoms with Gasteiger partial charge in [0.05, 0.1) is 25.7 Å². The van der Waals surface area contributed by atoms with Crippen LogP contribution < -0.4 is 0 Å². The summed E-state index contributed by atoms with van der Waals surface area (Å²) in [5.74, 6) is -0.684. The second-order valence-electron chi connectivity index (χ2n) is 3.98. The lowest BCUT2D eigenvalue weighted by Crippen LogP contribution is -2.51. The molecule has 2 N–H and O–H groups in total. The van der Waals surface area contributed by atoms with Crippen LogP contribution in [0.2, 0.25) is 0 Å². The Morgan fingerprint density at radius 3 is 2.73 bits per heavy atom. The van der Waals surface area contributed by atoms with E-state index >= 15 is 0 Å². The van der Waals surface area contributed by atoms with Gasteiger partial charge >= 0.3 is 5.97 Å². The van der Waals surface area contributed by atoms with Crippen LogP contribution in [0.25, 0.3) is 0 Å². The molecule has 1 heterocycles. The van der Waals surface area contributed by atoms with Crippen molar-refractivity contribution >= 4 is 5.97 Å². The molecular formula is C10H19NO4. The van der Waals surface area contributed by atoms with E-state index in [0.717, 1.165) is 19.6 Å². The monoisotopic (exact) mass is 217 g/mol. The van der Waals surface area contributed by atoms with Gasteiger partial charge in [-0.15, -0.1) is 0 Å². The van der Waals surface area contributed by atoms with Crippen molar-refractivity contribution < 1.29 is 19.7 Å². The van der Waals surface area contributed by atoms with E-state index in [1.165, 1.54) is 0 Å². The first-order valence-electron chi connectivity index (χ1n) is 5.29. The zero-order valence-corrected chi connectivity index (χ0v) is 9.06. The van der Waals surface area contributed by atoms with Crippen molar-refractivity contribution in [2.75, 3.05) is 39.5 Å². The van der Waals surface area contributed by atoms with Gasteiger partial charge in [-0.1, -0.05) is 6.92 Å². The maximum absolute atomic E-state index is 10.7. The topological polar surface area (TPSA) is 70.0 Å². The smallest absolute Gasteiger partial charge is 0.306 e. The van der Waals surface area contributed by atoms with Gasteiger partial charge in [-0.2, -0.15) is 0 Å². The average Bonchev–Trinajstić information content (AvgIpc) is 2.13. The van der Waals surface area contributed by atoms with Crippen LogP contribution in [0.3, 0.4) is 0 Å². The normalized spacial score (nSPS) is 19.9. The summed E-state index contributed by atoms with van der Waals surface area (Å²) in [6.07, 6.45) is 0. The molecule has 0 aliphatic carbocycles. The summed E-state index contributed by atoms with van der Waals surface area (Å²) in [7, 11) is 0. The summed E-state index contributed by atoms with van der Waals surface area (Å²) < 4.78 is 5.12. The highest BCUT2D eigenvalue weighted by Gasteiger charge is 2.33. The number of aliphatic hydroxyl groups excluding tert-OH is 1. The number of hydrogen-bond donors (Lipinski definition) is 2. The fourth-order valence-electron chi connectivity index (χ4n) is 1.67. The second-order valence-corrected chi connectivity index (χ2v) is 3.98. The Labute approximate surface area is 89.6 Å². The zero-order valence-electron chi connectivity index (χ0n) is 9.06. The fraction of sp³-hybridized carbons (Fsp3) is 0.900. The number of likely N-dealkylation sites (tertiary alicyclic amines) is 1. The molecule has 1 aliphatic rings. The molecule has 88 valence electrons. The van der Waals surface area contributed by atoms with E-state index in [4.69, 9.17) is 14.9 Å². The predicted octanol–water partition coefficient (Wildman–Crippen LogP) is -0.352. The van der Waals surface area contributed by atoms with Crippen LogP contribution in [0.1, 0.15) is 6.92 Å². The molecule has 0 aromatic heterocycles.